The zero-order valence-electron chi connectivity index (χ0n) is 12.8. The molecule has 0 atom stereocenters. The maximum absolute atomic E-state index is 10.5. The highest BCUT2D eigenvalue weighted by Crippen LogP contribution is 2.33. The van der Waals surface area contributed by atoms with Crippen molar-refractivity contribution in [1.29, 1.82) is 0 Å². The standard InChI is InChI=1S/C19H23NO2/c21-19-17(13-15-9-11-20-12-10-15)7-4-8-18(19)22-14-16-5-2-1-3-6-16/h1-8,15,20-21H,9-14H2. The molecular formula is C19H23NO2. The third-order valence-corrected chi connectivity index (χ3v) is 4.29. The fraction of sp³-hybridized carbons (Fsp3) is 0.368. The molecule has 0 unspecified atom stereocenters. The van der Waals surface area contributed by atoms with Crippen LogP contribution in [0.1, 0.15) is 24.0 Å². The highest BCUT2D eigenvalue weighted by Gasteiger charge is 2.17. The number of benzene rings is 2. The van der Waals surface area contributed by atoms with Gasteiger partial charge in [0.2, 0.25) is 0 Å². The molecule has 0 aliphatic carbocycles. The van der Waals surface area contributed by atoms with E-state index in [-0.39, 0.29) is 0 Å². The van der Waals surface area contributed by atoms with Crippen LogP contribution in [0.5, 0.6) is 11.5 Å². The van der Waals surface area contributed by atoms with Gasteiger partial charge in [0.1, 0.15) is 6.61 Å². The molecule has 0 spiro atoms. The first-order valence-electron chi connectivity index (χ1n) is 8.01. The van der Waals surface area contributed by atoms with Crippen molar-refractivity contribution >= 4 is 0 Å². The Morgan fingerprint density at radius 1 is 1.00 bits per heavy atom. The second-order valence-electron chi connectivity index (χ2n) is 5.94. The van der Waals surface area contributed by atoms with Crippen LogP contribution in [0.2, 0.25) is 0 Å². The van der Waals surface area contributed by atoms with Crippen LogP contribution in [0.25, 0.3) is 0 Å². The molecule has 2 aromatic rings. The highest BCUT2D eigenvalue weighted by molar-refractivity contribution is 5.45. The molecule has 1 aliphatic heterocycles. The summed E-state index contributed by atoms with van der Waals surface area (Å²) in [7, 11) is 0. The number of hydrogen-bond donors (Lipinski definition) is 2. The van der Waals surface area contributed by atoms with Gasteiger partial charge in [-0.1, -0.05) is 42.5 Å². The first-order valence-corrected chi connectivity index (χ1v) is 8.01. The number of phenols is 1. The first kappa shape index (κ1) is 14.9. The lowest BCUT2D eigenvalue weighted by molar-refractivity contribution is 0.286. The summed E-state index contributed by atoms with van der Waals surface area (Å²) in [6.07, 6.45) is 3.28. The zero-order valence-corrected chi connectivity index (χ0v) is 12.8. The molecule has 0 amide bonds. The monoisotopic (exact) mass is 297 g/mol. The molecule has 1 heterocycles. The largest absolute Gasteiger partial charge is 0.504 e. The second kappa shape index (κ2) is 7.32. The number of piperidine rings is 1. The molecule has 2 aromatic carbocycles. The lowest BCUT2D eigenvalue weighted by atomic mass is 9.90. The number of rotatable bonds is 5. The van der Waals surface area contributed by atoms with Gasteiger partial charge in [-0.05, 0) is 55.5 Å². The predicted octanol–water partition coefficient (Wildman–Crippen LogP) is 3.51. The SMILES string of the molecule is Oc1c(CC2CCNCC2)cccc1OCc1ccccc1. The van der Waals surface area contributed by atoms with Crippen molar-refractivity contribution in [2.45, 2.75) is 25.9 Å². The first-order chi connectivity index (χ1) is 10.8. The van der Waals surface area contributed by atoms with Crippen LogP contribution in [-0.2, 0) is 13.0 Å². The molecule has 2 N–H and O–H groups in total. The minimum Gasteiger partial charge on any atom is -0.504 e. The minimum atomic E-state index is 0.303. The van der Waals surface area contributed by atoms with E-state index < -0.39 is 0 Å². The number of hydrogen-bond acceptors (Lipinski definition) is 3. The molecule has 3 nitrogen and oxygen atoms in total. The Balaban J connectivity index is 1.66. The van der Waals surface area contributed by atoms with Crippen molar-refractivity contribution in [1.82, 2.24) is 5.32 Å². The molecule has 1 fully saturated rings. The fourth-order valence-corrected chi connectivity index (χ4v) is 2.98. The molecule has 0 saturated carbocycles. The van der Waals surface area contributed by atoms with Crippen LogP contribution in [0.3, 0.4) is 0 Å². The smallest absolute Gasteiger partial charge is 0.161 e. The van der Waals surface area contributed by atoms with E-state index in [0.29, 0.717) is 24.0 Å². The van der Waals surface area contributed by atoms with Crippen molar-refractivity contribution in [2.75, 3.05) is 13.1 Å². The van der Waals surface area contributed by atoms with E-state index in [2.05, 4.69) is 5.32 Å². The van der Waals surface area contributed by atoms with E-state index in [9.17, 15) is 5.11 Å². The maximum Gasteiger partial charge on any atom is 0.161 e. The number of para-hydroxylation sites is 1. The molecule has 1 saturated heterocycles. The van der Waals surface area contributed by atoms with Crippen LogP contribution in [0, 0.1) is 5.92 Å². The van der Waals surface area contributed by atoms with Gasteiger partial charge >= 0.3 is 0 Å². The van der Waals surface area contributed by atoms with Gasteiger partial charge in [0, 0.05) is 0 Å². The molecule has 3 heteroatoms. The van der Waals surface area contributed by atoms with Gasteiger partial charge in [-0.2, -0.15) is 0 Å². The van der Waals surface area contributed by atoms with Crippen LogP contribution in [0.4, 0.5) is 0 Å². The van der Waals surface area contributed by atoms with E-state index in [1.165, 1.54) is 12.8 Å². The van der Waals surface area contributed by atoms with Crippen molar-refractivity contribution in [2.24, 2.45) is 5.92 Å². The minimum absolute atomic E-state index is 0.303. The van der Waals surface area contributed by atoms with Crippen LogP contribution < -0.4 is 10.1 Å². The van der Waals surface area contributed by atoms with Crippen LogP contribution >= 0.6 is 0 Å². The van der Waals surface area contributed by atoms with E-state index in [1.54, 1.807) is 0 Å². The lowest BCUT2D eigenvalue weighted by Gasteiger charge is -2.23. The quantitative estimate of drug-likeness (QED) is 0.887. The lowest BCUT2D eigenvalue weighted by Crippen LogP contribution is -2.28. The summed E-state index contributed by atoms with van der Waals surface area (Å²) in [5.41, 5.74) is 2.10. The molecule has 1 aliphatic rings. The number of aromatic hydroxyl groups is 1. The van der Waals surface area contributed by atoms with Gasteiger partial charge in [0.25, 0.3) is 0 Å². The summed E-state index contributed by atoms with van der Waals surface area (Å²) in [5.74, 6) is 1.53. The van der Waals surface area contributed by atoms with E-state index >= 15 is 0 Å². The third kappa shape index (κ3) is 3.80. The molecule has 0 bridgehead atoms. The highest BCUT2D eigenvalue weighted by atomic mass is 16.5. The summed E-state index contributed by atoms with van der Waals surface area (Å²) < 4.78 is 5.79. The van der Waals surface area contributed by atoms with Gasteiger partial charge in [-0.15, -0.1) is 0 Å². The zero-order chi connectivity index (χ0) is 15.2. The van der Waals surface area contributed by atoms with Crippen molar-refractivity contribution in [3.8, 4) is 11.5 Å². The molecule has 3 rings (SSSR count). The number of phenolic OH excluding ortho intramolecular Hbond substituents is 1. The Bertz CT molecular complexity index is 592. The van der Waals surface area contributed by atoms with Gasteiger partial charge < -0.3 is 15.2 Å². The summed E-state index contributed by atoms with van der Waals surface area (Å²) in [6.45, 7) is 2.64. The van der Waals surface area contributed by atoms with Crippen molar-refractivity contribution in [3.63, 3.8) is 0 Å². The average Bonchev–Trinajstić information content (AvgIpc) is 2.58. The Hall–Kier alpha value is -2.00. The molecule has 0 radical (unpaired) electrons. The summed E-state index contributed by atoms with van der Waals surface area (Å²) in [5, 5.41) is 13.8. The summed E-state index contributed by atoms with van der Waals surface area (Å²) in [6, 6.07) is 15.8. The van der Waals surface area contributed by atoms with Crippen LogP contribution in [-0.4, -0.2) is 18.2 Å². The van der Waals surface area contributed by atoms with Gasteiger partial charge in [-0.3, -0.25) is 0 Å². The molecule has 0 aromatic heterocycles. The Labute approximate surface area is 131 Å². The summed E-state index contributed by atoms with van der Waals surface area (Å²) >= 11 is 0. The average molecular weight is 297 g/mol. The Morgan fingerprint density at radius 2 is 1.77 bits per heavy atom. The molecule has 116 valence electrons. The van der Waals surface area contributed by atoms with Gasteiger partial charge in [0.05, 0.1) is 0 Å². The summed E-state index contributed by atoms with van der Waals surface area (Å²) in [4.78, 5) is 0. The van der Waals surface area contributed by atoms with Crippen molar-refractivity contribution < 1.29 is 9.84 Å². The Morgan fingerprint density at radius 3 is 2.55 bits per heavy atom. The van der Waals surface area contributed by atoms with E-state index in [4.69, 9.17) is 4.74 Å². The topological polar surface area (TPSA) is 41.5 Å². The molecular weight excluding hydrogens is 274 g/mol. The van der Waals surface area contributed by atoms with Crippen LogP contribution in [0.15, 0.2) is 48.5 Å². The van der Waals surface area contributed by atoms with Crippen molar-refractivity contribution in [3.05, 3.63) is 59.7 Å². The van der Waals surface area contributed by atoms with E-state index in [1.807, 2.05) is 48.5 Å². The number of nitrogens with one attached hydrogen (secondary N) is 1. The Kier molecular flexibility index (Phi) is 4.96. The fourth-order valence-electron chi connectivity index (χ4n) is 2.98. The van der Waals surface area contributed by atoms with Gasteiger partial charge in [-0.25, -0.2) is 0 Å². The second-order valence-corrected chi connectivity index (χ2v) is 5.94. The third-order valence-electron chi connectivity index (χ3n) is 4.29. The predicted molar refractivity (Wildman–Crippen MR) is 88.2 cm³/mol. The molecule has 22 heavy (non-hydrogen) atoms. The van der Waals surface area contributed by atoms with Gasteiger partial charge in [0.15, 0.2) is 11.5 Å². The maximum atomic E-state index is 10.5. The number of ether oxygens (including phenoxy) is 1. The normalized spacial score (nSPS) is 15.6. The van der Waals surface area contributed by atoms with E-state index in [0.717, 1.165) is 30.6 Å².